The Bertz CT molecular complexity index is 924. The highest BCUT2D eigenvalue weighted by atomic mass is 32.2. The lowest BCUT2D eigenvalue weighted by atomic mass is 10.1. The summed E-state index contributed by atoms with van der Waals surface area (Å²) in [4.78, 5) is 40.2. The summed E-state index contributed by atoms with van der Waals surface area (Å²) in [6.45, 7) is 2.76. The number of anilines is 1. The molecule has 0 saturated carbocycles. The van der Waals surface area contributed by atoms with Crippen LogP contribution in [0.1, 0.15) is 23.5 Å². The first-order valence-electron chi connectivity index (χ1n) is 8.48. The number of nitrogens with one attached hydrogen (secondary N) is 1. The van der Waals surface area contributed by atoms with Crippen molar-refractivity contribution in [2.24, 2.45) is 0 Å². The average molecular weight is 436 g/mol. The number of rotatable bonds is 9. The average Bonchev–Trinajstić information content (AvgIpc) is 3.12. The van der Waals surface area contributed by atoms with E-state index in [1.165, 1.54) is 35.6 Å². The monoisotopic (exact) mass is 435 g/mol. The molecule has 0 aliphatic carbocycles. The molecule has 1 aromatic heterocycles. The predicted molar refractivity (Wildman–Crippen MR) is 108 cm³/mol. The lowest BCUT2D eigenvalue weighted by Crippen LogP contribution is -2.25. The molecule has 1 heterocycles. The SMILES string of the molecule is Cc1csc([C@H](C#N)C(=O)COC(=O)[C@@H](C)SCC(=O)Nc2ccc(F)cc2)n1. The molecule has 0 aliphatic heterocycles. The minimum Gasteiger partial charge on any atom is -0.457 e. The largest absolute Gasteiger partial charge is 0.457 e. The van der Waals surface area contributed by atoms with Crippen molar-refractivity contribution in [3.05, 3.63) is 46.2 Å². The van der Waals surface area contributed by atoms with Gasteiger partial charge in [-0.05, 0) is 38.1 Å². The maximum absolute atomic E-state index is 12.9. The van der Waals surface area contributed by atoms with Gasteiger partial charge in [-0.3, -0.25) is 14.4 Å². The minimum atomic E-state index is -1.08. The van der Waals surface area contributed by atoms with Crippen LogP contribution in [-0.4, -0.2) is 40.3 Å². The Morgan fingerprint density at radius 1 is 1.34 bits per heavy atom. The third kappa shape index (κ3) is 6.96. The number of esters is 1. The highest BCUT2D eigenvalue weighted by molar-refractivity contribution is 8.01. The standard InChI is InChI=1S/C19H18FN3O4S2/c1-11-9-29-18(22-11)15(7-21)16(24)8-27-19(26)12(2)28-10-17(25)23-14-5-3-13(20)4-6-14/h3-6,9,12,15H,8,10H2,1-2H3,(H,23,25)/t12-,15-/m1/s1. The third-order valence-electron chi connectivity index (χ3n) is 3.62. The molecule has 0 bridgehead atoms. The van der Waals surface area contributed by atoms with Gasteiger partial charge in [0.15, 0.2) is 18.3 Å². The van der Waals surface area contributed by atoms with E-state index in [4.69, 9.17) is 4.74 Å². The first-order chi connectivity index (χ1) is 13.8. The zero-order valence-electron chi connectivity index (χ0n) is 15.7. The predicted octanol–water partition coefficient (Wildman–Crippen LogP) is 3.07. The number of hydrogen-bond donors (Lipinski definition) is 1. The van der Waals surface area contributed by atoms with Crippen LogP contribution in [0.4, 0.5) is 10.1 Å². The highest BCUT2D eigenvalue weighted by Crippen LogP contribution is 2.21. The number of Topliss-reactive ketones (excluding diaryl/α,β-unsaturated/α-hetero) is 1. The van der Waals surface area contributed by atoms with Crippen LogP contribution in [0, 0.1) is 24.1 Å². The van der Waals surface area contributed by atoms with Crippen molar-refractivity contribution < 1.29 is 23.5 Å². The maximum Gasteiger partial charge on any atom is 0.319 e. The molecule has 2 aromatic rings. The van der Waals surface area contributed by atoms with Gasteiger partial charge in [0, 0.05) is 16.8 Å². The number of amides is 1. The molecule has 0 radical (unpaired) electrons. The molecule has 0 saturated heterocycles. The summed E-state index contributed by atoms with van der Waals surface area (Å²) < 4.78 is 17.8. The number of aromatic nitrogens is 1. The summed E-state index contributed by atoms with van der Waals surface area (Å²) in [5.41, 5.74) is 1.15. The fourth-order valence-corrected chi connectivity index (χ4v) is 3.65. The number of nitriles is 1. The number of ketones is 1. The van der Waals surface area contributed by atoms with Crippen LogP contribution in [-0.2, 0) is 19.1 Å². The smallest absolute Gasteiger partial charge is 0.319 e. The number of halogens is 1. The number of thioether (sulfide) groups is 1. The van der Waals surface area contributed by atoms with Gasteiger partial charge in [-0.1, -0.05) is 0 Å². The second kappa shape index (κ2) is 10.7. The van der Waals surface area contributed by atoms with Crippen LogP contribution in [0.25, 0.3) is 0 Å². The number of carbonyl (C=O) groups excluding carboxylic acids is 3. The molecule has 1 N–H and O–H groups in total. The third-order valence-corrected chi connectivity index (χ3v) is 5.76. The van der Waals surface area contributed by atoms with E-state index in [1.54, 1.807) is 19.2 Å². The first kappa shape index (κ1) is 22.5. The molecule has 29 heavy (non-hydrogen) atoms. The summed E-state index contributed by atoms with van der Waals surface area (Å²) >= 11 is 2.23. The topological polar surface area (TPSA) is 109 Å². The number of hydrogen-bond acceptors (Lipinski definition) is 8. The van der Waals surface area contributed by atoms with Gasteiger partial charge in [-0.15, -0.1) is 23.1 Å². The van der Waals surface area contributed by atoms with Gasteiger partial charge < -0.3 is 10.1 Å². The van der Waals surface area contributed by atoms with Crippen LogP contribution >= 0.6 is 23.1 Å². The van der Waals surface area contributed by atoms with Crippen molar-refractivity contribution in [1.29, 1.82) is 5.26 Å². The molecule has 1 amide bonds. The molecular weight excluding hydrogens is 417 g/mol. The van der Waals surface area contributed by atoms with Crippen molar-refractivity contribution in [3.8, 4) is 6.07 Å². The van der Waals surface area contributed by atoms with Crippen LogP contribution in [0.5, 0.6) is 0 Å². The van der Waals surface area contributed by atoms with Gasteiger partial charge in [0.05, 0.1) is 11.8 Å². The van der Waals surface area contributed by atoms with E-state index in [-0.39, 0.29) is 11.7 Å². The first-order valence-corrected chi connectivity index (χ1v) is 10.4. The number of benzene rings is 1. The summed E-state index contributed by atoms with van der Waals surface area (Å²) in [5, 5.41) is 13.2. The van der Waals surface area contributed by atoms with Gasteiger partial charge in [0.1, 0.15) is 16.1 Å². The summed E-state index contributed by atoms with van der Waals surface area (Å²) in [7, 11) is 0. The Kier molecular flexibility index (Phi) is 8.30. The van der Waals surface area contributed by atoms with Crippen LogP contribution in [0.3, 0.4) is 0 Å². The number of ether oxygens (including phenoxy) is 1. The lowest BCUT2D eigenvalue weighted by molar-refractivity contribution is -0.147. The second-order valence-corrected chi connectivity index (χ2v) is 8.19. The summed E-state index contributed by atoms with van der Waals surface area (Å²) in [6.07, 6.45) is 0. The number of thiazole rings is 1. The molecule has 0 spiro atoms. The molecule has 2 rings (SSSR count). The fraction of sp³-hybridized carbons (Fsp3) is 0.316. The van der Waals surface area contributed by atoms with Gasteiger partial charge in [-0.25, -0.2) is 9.37 Å². The van der Waals surface area contributed by atoms with E-state index in [1.807, 2.05) is 6.07 Å². The zero-order valence-corrected chi connectivity index (χ0v) is 17.3. The molecule has 2 atom stereocenters. The van der Waals surface area contributed by atoms with Gasteiger partial charge in [0.2, 0.25) is 5.91 Å². The number of nitrogens with zero attached hydrogens (tertiary/aromatic N) is 2. The van der Waals surface area contributed by atoms with E-state index >= 15 is 0 Å². The van der Waals surface area contributed by atoms with Crippen molar-refractivity contribution in [2.75, 3.05) is 17.7 Å². The Hall–Kier alpha value is -2.77. The molecule has 0 aliphatic rings. The van der Waals surface area contributed by atoms with Gasteiger partial charge in [0.25, 0.3) is 0 Å². The minimum absolute atomic E-state index is 0.0270. The molecule has 0 unspecified atom stereocenters. The number of carbonyl (C=O) groups is 3. The Balaban J connectivity index is 1.76. The summed E-state index contributed by atoms with van der Waals surface area (Å²) in [6, 6.07) is 7.18. The van der Waals surface area contributed by atoms with Gasteiger partial charge >= 0.3 is 5.97 Å². The van der Waals surface area contributed by atoms with Crippen molar-refractivity contribution in [3.63, 3.8) is 0 Å². The fourth-order valence-electron chi connectivity index (χ4n) is 2.11. The van der Waals surface area contributed by atoms with E-state index in [9.17, 15) is 24.0 Å². The zero-order chi connectivity index (χ0) is 21.4. The van der Waals surface area contributed by atoms with E-state index in [0.29, 0.717) is 16.4 Å². The lowest BCUT2D eigenvalue weighted by Gasteiger charge is -2.12. The number of aryl methyl sites for hydroxylation is 1. The second-order valence-electron chi connectivity index (χ2n) is 5.97. The van der Waals surface area contributed by atoms with E-state index in [2.05, 4.69) is 10.3 Å². The van der Waals surface area contributed by atoms with E-state index in [0.717, 1.165) is 11.8 Å². The Morgan fingerprint density at radius 2 is 2.03 bits per heavy atom. The van der Waals surface area contributed by atoms with Crippen molar-refractivity contribution >= 4 is 46.4 Å². The molecule has 152 valence electrons. The maximum atomic E-state index is 12.9. The molecule has 10 heteroatoms. The summed E-state index contributed by atoms with van der Waals surface area (Å²) in [5.74, 6) is -3.09. The normalized spacial score (nSPS) is 12.5. The van der Waals surface area contributed by atoms with Crippen molar-refractivity contribution in [1.82, 2.24) is 4.98 Å². The molecule has 7 nitrogen and oxygen atoms in total. The van der Waals surface area contributed by atoms with Crippen LogP contribution in [0.2, 0.25) is 0 Å². The molecule has 1 aromatic carbocycles. The Labute approximate surface area is 175 Å². The van der Waals surface area contributed by atoms with Crippen molar-refractivity contribution in [2.45, 2.75) is 25.0 Å². The molecular formula is C19H18FN3O4S2. The van der Waals surface area contributed by atoms with Crippen LogP contribution in [0.15, 0.2) is 29.6 Å². The Morgan fingerprint density at radius 3 is 2.62 bits per heavy atom. The van der Waals surface area contributed by atoms with E-state index < -0.39 is 35.3 Å². The molecule has 0 fully saturated rings. The quantitative estimate of drug-likeness (QED) is 0.603. The highest BCUT2D eigenvalue weighted by Gasteiger charge is 2.25. The van der Waals surface area contributed by atoms with Crippen LogP contribution < -0.4 is 5.32 Å². The van der Waals surface area contributed by atoms with Gasteiger partial charge in [-0.2, -0.15) is 5.26 Å².